The molecule has 0 fully saturated rings. The monoisotopic (exact) mass is 334 g/mol. The molecular weight excluding hydrogens is 314 g/mol. The number of ketones is 1. The number of amides is 1. The molecule has 8 nitrogen and oxygen atoms in total. The summed E-state index contributed by atoms with van der Waals surface area (Å²) in [6.45, 7) is 3.14. The van der Waals surface area contributed by atoms with Crippen molar-refractivity contribution in [2.45, 2.75) is 26.8 Å². The molecule has 1 heterocycles. The maximum Gasteiger partial charge on any atom is 0.340 e. The van der Waals surface area contributed by atoms with Gasteiger partial charge < -0.3 is 9.47 Å². The molecule has 1 aromatic heterocycles. The summed E-state index contributed by atoms with van der Waals surface area (Å²) in [6.07, 6.45) is 0.595. The van der Waals surface area contributed by atoms with Gasteiger partial charge in [0.2, 0.25) is 17.0 Å². The number of nitrogens with zero attached hydrogens (tertiary/aromatic N) is 2. The largest absolute Gasteiger partial charge is 0.493 e. The van der Waals surface area contributed by atoms with E-state index in [0.717, 1.165) is 5.56 Å². The number of methoxy groups -OCH3 is 2. The molecule has 24 heavy (non-hydrogen) atoms. The first-order valence-corrected chi connectivity index (χ1v) is 7.35. The van der Waals surface area contributed by atoms with Crippen LogP contribution >= 0.6 is 0 Å². The fourth-order valence-corrected chi connectivity index (χ4v) is 2.30. The lowest BCUT2D eigenvalue weighted by Gasteiger charge is -2.08. The van der Waals surface area contributed by atoms with Crippen LogP contribution in [0.1, 0.15) is 29.9 Å². The lowest BCUT2D eigenvalue weighted by Crippen LogP contribution is -2.42. The Labute approximate surface area is 139 Å². The Bertz CT molecular complexity index is 754. The Hall–Kier alpha value is -2.90. The van der Waals surface area contributed by atoms with Crippen LogP contribution < -0.4 is 19.5 Å². The van der Waals surface area contributed by atoms with E-state index in [4.69, 9.17) is 14.0 Å². The number of rotatable bonds is 7. The lowest BCUT2D eigenvalue weighted by molar-refractivity contribution is -0.763. The minimum Gasteiger partial charge on any atom is -0.493 e. The van der Waals surface area contributed by atoms with Gasteiger partial charge in [-0.3, -0.25) is 19.4 Å². The van der Waals surface area contributed by atoms with Crippen LogP contribution in [0.25, 0.3) is 0 Å². The number of hydrogen-bond donors (Lipinski definition) is 1. The summed E-state index contributed by atoms with van der Waals surface area (Å²) >= 11 is 0. The zero-order chi connectivity index (χ0) is 17.7. The van der Waals surface area contributed by atoms with Gasteiger partial charge in [0.25, 0.3) is 0 Å². The van der Waals surface area contributed by atoms with E-state index in [1.807, 2.05) is 18.2 Å². The summed E-state index contributed by atoms with van der Waals surface area (Å²) in [5, 5.41) is 6.29. The number of aromatic nitrogens is 2. The summed E-state index contributed by atoms with van der Waals surface area (Å²) in [5.74, 6) is 0.758. The molecule has 0 bridgehead atoms. The maximum absolute atomic E-state index is 11.8. The summed E-state index contributed by atoms with van der Waals surface area (Å²) in [4.78, 5) is 23.0. The van der Waals surface area contributed by atoms with Crippen LogP contribution in [0.5, 0.6) is 11.5 Å². The van der Waals surface area contributed by atoms with Crippen molar-refractivity contribution < 1.29 is 28.3 Å². The molecule has 1 amide bonds. The third-order valence-corrected chi connectivity index (χ3v) is 3.39. The fraction of sp³-hybridized carbons (Fsp3) is 0.375. The summed E-state index contributed by atoms with van der Waals surface area (Å²) in [6, 6.07) is 5.59. The SMILES string of the molecule is COc1ccc(CC[n+]2noc(NC(C)=O)c2C(C)=O)cc1OC. The van der Waals surface area contributed by atoms with Crippen LogP contribution in [0.2, 0.25) is 0 Å². The van der Waals surface area contributed by atoms with Gasteiger partial charge in [-0.05, 0) is 22.4 Å². The van der Waals surface area contributed by atoms with E-state index in [0.29, 0.717) is 24.5 Å². The van der Waals surface area contributed by atoms with Crippen molar-refractivity contribution >= 4 is 17.6 Å². The van der Waals surface area contributed by atoms with Gasteiger partial charge in [0, 0.05) is 20.3 Å². The lowest BCUT2D eigenvalue weighted by atomic mass is 10.1. The number of Topliss-reactive ketones (excluding diaryl/α,β-unsaturated/α-hetero) is 1. The Kier molecular flexibility index (Phi) is 5.51. The first-order chi connectivity index (χ1) is 11.5. The molecule has 0 aliphatic carbocycles. The van der Waals surface area contributed by atoms with E-state index >= 15 is 0 Å². The van der Waals surface area contributed by atoms with Crippen LogP contribution in [0, 0.1) is 0 Å². The van der Waals surface area contributed by atoms with Gasteiger partial charge in [0.1, 0.15) is 0 Å². The van der Waals surface area contributed by atoms with Crippen molar-refractivity contribution in [3.8, 4) is 11.5 Å². The van der Waals surface area contributed by atoms with Gasteiger partial charge >= 0.3 is 11.6 Å². The molecule has 0 aliphatic heterocycles. The number of benzene rings is 1. The van der Waals surface area contributed by atoms with Crippen molar-refractivity contribution in [3.05, 3.63) is 29.5 Å². The van der Waals surface area contributed by atoms with Crippen molar-refractivity contribution in [2.75, 3.05) is 19.5 Å². The number of carbonyl (C=O) groups excluding carboxylic acids is 2. The van der Waals surface area contributed by atoms with E-state index in [1.54, 1.807) is 14.2 Å². The van der Waals surface area contributed by atoms with E-state index in [9.17, 15) is 9.59 Å². The number of aryl methyl sites for hydroxylation is 2. The van der Waals surface area contributed by atoms with Crippen molar-refractivity contribution in [3.63, 3.8) is 0 Å². The third kappa shape index (κ3) is 3.89. The van der Waals surface area contributed by atoms with Crippen molar-refractivity contribution in [1.29, 1.82) is 0 Å². The van der Waals surface area contributed by atoms with Crippen LogP contribution in [-0.2, 0) is 17.8 Å². The molecule has 0 atom stereocenters. The molecule has 2 aromatic rings. The zero-order valence-corrected chi connectivity index (χ0v) is 14.1. The first kappa shape index (κ1) is 17.5. The molecular formula is C16H20N3O5+. The van der Waals surface area contributed by atoms with Gasteiger partial charge in [-0.25, -0.2) is 0 Å². The number of ether oxygens (including phenoxy) is 2. The average molecular weight is 334 g/mol. The van der Waals surface area contributed by atoms with E-state index in [1.165, 1.54) is 18.5 Å². The van der Waals surface area contributed by atoms with Crippen molar-refractivity contribution in [2.24, 2.45) is 0 Å². The number of anilines is 1. The number of carbonyl (C=O) groups is 2. The van der Waals surface area contributed by atoms with Crippen LogP contribution in [0.4, 0.5) is 5.88 Å². The number of hydrogen-bond acceptors (Lipinski definition) is 6. The Morgan fingerprint density at radius 3 is 2.50 bits per heavy atom. The Morgan fingerprint density at radius 2 is 1.92 bits per heavy atom. The minimum absolute atomic E-state index is 0.0577. The van der Waals surface area contributed by atoms with Crippen LogP contribution in [-0.4, -0.2) is 31.2 Å². The highest BCUT2D eigenvalue weighted by molar-refractivity contribution is 5.98. The summed E-state index contributed by atoms with van der Waals surface area (Å²) < 4.78 is 17.0. The Balaban J connectivity index is 2.19. The highest BCUT2D eigenvalue weighted by Gasteiger charge is 2.29. The van der Waals surface area contributed by atoms with Gasteiger partial charge in [-0.2, -0.15) is 0 Å². The molecule has 0 spiro atoms. The highest BCUT2D eigenvalue weighted by Crippen LogP contribution is 2.27. The van der Waals surface area contributed by atoms with Gasteiger partial charge in [-0.1, -0.05) is 6.07 Å². The minimum atomic E-state index is -0.333. The molecule has 0 saturated carbocycles. The van der Waals surface area contributed by atoms with Crippen LogP contribution in [0.15, 0.2) is 22.7 Å². The predicted molar refractivity (Wildman–Crippen MR) is 84.3 cm³/mol. The zero-order valence-electron chi connectivity index (χ0n) is 14.1. The molecule has 1 aromatic carbocycles. The van der Waals surface area contributed by atoms with E-state index in [-0.39, 0.29) is 23.3 Å². The van der Waals surface area contributed by atoms with E-state index < -0.39 is 0 Å². The Morgan fingerprint density at radius 1 is 1.21 bits per heavy atom. The van der Waals surface area contributed by atoms with Gasteiger partial charge in [0.15, 0.2) is 18.0 Å². The average Bonchev–Trinajstić information content (AvgIpc) is 2.94. The van der Waals surface area contributed by atoms with Crippen molar-refractivity contribution in [1.82, 2.24) is 5.27 Å². The van der Waals surface area contributed by atoms with Gasteiger partial charge in [0.05, 0.1) is 14.2 Å². The van der Waals surface area contributed by atoms with Crippen LogP contribution in [0.3, 0.4) is 0 Å². The normalized spacial score (nSPS) is 10.3. The highest BCUT2D eigenvalue weighted by atomic mass is 16.5. The molecule has 0 saturated heterocycles. The molecule has 2 rings (SSSR count). The first-order valence-electron chi connectivity index (χ1n) is 7.35. The molecule has 0 radical (unpaired) electrons. The quantitative estimate of drug-likeness (QED) is 0.607. The fourth-order valence-electron chi connectivity index (χ4n) is 2.30. The molecule has 0 unspecified atom stereocenters. The molecule has 0 aliphatic rings. The number of nitrogens with one attached hydrogen (secondary N) is 1. The van der Waals surface area contributed by atoms with Gasteiger partial charge in [-0.15, -0.1) is 0 Å². The third-order valence-electron chi connectivity index (χ3n) is 3.39. The summed E-state index contributed by atoms with van der Waals surface area (Å²) in [5.41, 5.74) is 1.21. The summed E-state index contributed by atoms with van der Waals surface area (Å²) in [7, 11) is 3.15. The second-order valence-corrected chi connectivity index (χ2v) is 5.15. The molecule has 8 heteroatoms. The molecule has 128 valence electrons. The topological polar surface area (TPSA) is 94.5 Å². The smallest absolute Gasteiger partial charge is 0.340 e. The maximum atomic E-state index is 11.8. The standard InChI is InChI=1S/C16H19N3O5/c1-10(20)15-16(17-11(2)21)24-18-19(15)8-7-12-5-6-13(22-3)14(9-12)23-4/h5-6,9H,7-8H2,1-4H3/p+1. The second kappa shape index (κ2) is 7.58. The predicted octanol–water partition coefficient (Wildman–Crippen LogP) is 1.38. The molecule has 1 N–H and O–H groups in total. The van der Waals surface area contributed by atoms with E-state index in [2.05, 4.69) is 10.6 Å². The second-order valence-electron chi connectivity index (χ2n) is 5.15.